The van der Waals surface area contributed by atoms with Crippen molar-refractivity contribution in [3.05, 3.63) is 84.5 Å². The molecule has 5 rings (SSSR count). The molecule has 0 N–H and O–H groups in total. The molecule has 2 saturated carbocycles. The van der Waals surface area contributed by atoms with Gasteiger partial charge in [-0.3, -0.25) is 0 Å². The zero-order valence-electron chi connectivity index (χ0n) is 15.8. The molecule has 0 radical (unpaired) electrons. The van der Waals surface area contributed by atoms with Crippen LogP contribution in [0.4, 0.5) is 0 Å². The van der Waals surface area contributed by atoms with Crippen molar-refractivity contribution < 1.29 is 0 Å². The number of rotatable bonds is 3. The lowest BCUT2D eigenvalue weighted by atomic mass is 9.57. The van der Waals surface area contributed by atoms with Gasteiger partial charge in [-0.25, -0.2) is 0 Å². The molecule has 0 nitrogen and oxygen atoms in total. The SMILES string of the molecule is CC(c1ccccc1)(C1CCC2C=CC=CC21)C1CCC2C=CC=CC21. The molecule has 0 amide bonds. The predicted molar refractivity (Wildman–Crippen MR) is 110 cm³/mol. The second-order valence-electron chi connectivity index (χ2n) is 9.04. The van der Waals surface area contributed by atoms with Crippen molar-refractivity contribution in [2.45, 2.75) is 38.0 Å². The summed E-state index contributed by atoms with van der Waals surface area (Å²) >= 11 is 0. The van der Waals surface area contributed by atoms with Gasteiger partial charge in [-0.2, -0.15) is 0 Å². The summed E-state index contributed by atoms with van der Waals surface area (Å²) in [5.74, 6) is 4.44. The van der Waals surface area contributed by atoms with Gasteiger partial charge in [-0.05, 0) is 72.2 Å². The van der Waals surface area contributed by atoms with E-state index in [9.17, 15) is 0 Å². The first-order chi connectivity index (χ1) is 12.8. The van der Waals surface area contributed by atoms with Crippen LogP contribution in [0.3, 0.4) is 0 Å². The molecule has 4 aliphatic carbocycles. The Morgan fingerprint density at radius 1 is 0.654 bits per heavy atom. The third-order valence-electron chi connectivity index (χ3n) is 8.08. The van der Waals surface area contributed by atoms with Crippen molar-refractivity contribution in [2.75, 3.05) is 0 Å². The van der Waals surface area contributed by atoms with Gasteiger partial charge in [0, 0.05) is 0 Å². The lowest BCUT2D eigenvalue weighted by Gasteiger charge is -2.47. The van der Waals surface area contributed by atoms with Crippen LogP contribution in [-0.4, -0.2) is 0 Å². The van der Waals surface area contributed by atoms with Gasteiger partial charge in [-0.15, -0.1) is 0 Å². The van der Waals surface area contributed by atoms with Crippen LogP contribution in [0.15, 0.2) is 78.9 Å². The van der Waals surface area contributed by atoms with E-state index in [2.05, 4.69) is 85.9 Å². The van der Waals surface area contributed by atoms with E-state index in [1.54, 1.807) is 5.56 Å². The molecule has 1 aromatic rings. The molecule has 0 bridgehead atoms. The first kappa shape index (κ1) is 16.4. The smallest absolute Gasteiger partial charge is 0.000717 e. The van der Waals surface area contributed by atoms with E-state index in [4.69, 9.17) is 0 Å². The van der Waals surface area contributed by atoms with E-state index in [1.165, 1.54) is 25.7 Å². The van der Waals surface area contributed by atoms with E-state index >= 15 is 0 Å². The minimum Gasteiger partial charge on any atom is -0.0808 e. The summed E-state index contributed by atoms with van der Waals surface area (Å²) in [7, 11) is 0. The third-order valence-corrected chi connectivity index (χ3v) is 8.08. The molecule has 4 aliphatic rings. The fraction of sp³-hybridized carbons (Fsp3) is 0.462. The van der Waals surface area contributed by atoms with Gasteiger partial charge < -0.3 is 0 Å². The fourth-order valence-electron chi connectivity index (χ4n) is 6.81. The summed E-state index contributed by atoms with van der Waals surface area (Å²) in [5.41, 5.74) is 1.83. The molecule has 0 heterocycles. The van der Waals surface area contributed by atoms with E-state index in [1.807, 2.05) is 0 Å². The van der Waals surface area contributed by atoms with Crippen molar-refractivity contribution in [2.24, 2.45) is 35.5 Å². The van der Waals surface area contributed by atoms with Gasteiger partial charge in [0.25, 0.3) is 0 Å². The summed E-state index contributed by atoms with van der Waals surface area (Å²) in [6.45, 7) is 2.61. The van der Waals surface area contributed by atoms with Gasteiger partial charge in [0.1, 0.15) is 0 Å². The number of hydrogen-bond acceptors (Lipinski definition) is 0. The predicted octanol–water partition coefficient (Wildman–Crippen LogP) is 6.48. The maximum atomic E-state index is 2.61. The van der Waals surface area contributed by atoms with E-state index in [-0.39, 0.29) is 5.41 Å². The highest BCUT2D eigenvalue weighted by molar-refractivity contribution is 5.33. The van der Waals surface area contributed by atoms with Gasteiger partial charge in [0.15, 0.2) is 0 Å². The molecule has 134 valence electrons. The highest BCUT2D eigenvalue weighted by Gasteiger charge is 2.53. The Morgan fingerprint density at radius 3 is 1.69 bits per heavy atom. The second kappa shape index (κ2) is 6.41. The number of allylic oxidation sites excluding steroid dienone is 8. The van der Waals surface area contributed by atoms with Crippen molar-refractivity contribution in [3.63, 3.8) is 0 Å². The molecular weight excluding hydrogens is 312 g/mol. The maximum absolute atomic E-state index is 2.61. The maximum Gasteiger partial charge on any atom is -0.000717 e. The van der Waals surface area contributed by atoms with Crippen LogP contribution in [0.5, 0.6) is 0 Å². The Hall–Kier alpha value is -1.82. The van der Waals surface area contributed by atoms with Crippen LogP contribution in [0, 0.1) is 35.5 Å². The van der Waals surface area contributed by atoms with Crippen LogP contribution < -0.4 is 0 Å². The average molecular weight is 343 g/mol. The van der Waals surface area contributed by atoms with Crippen LogP contribution in [0.1, 0.15) is 38.2 Å². The zero-order valence-corrected chi connectivity index (χ0v) is 15.8. The fourth-order valence-corrected chi connectivity index (χ4v) is 6.81. The van der Waals surface area contributed by atoms with E-state index < -0.39 is 0 Å². The Morgan fingerprint density at radius 2 is 1.15 bits per heavy atom. The molecule has 1 aromatic carbocycles. The molecular formula is C26H30. The first-order valence-corrected chi connectivity index (χ1v) is 10.5. The normalized spacial score (nSPS) is 39.6. The monoisotopic (exact) mass is 342 g/mol. The van der Waals surface area contributed by atoms with Crippen molar-refractivity contribution in [3.8, 4) is 0 Å². The topological polar surface area (TPSA) is 0 Å². The van der Waals surface area contributed by atoms with Crippen LogP contribution in [0.25, 0.3) is 0 Å². The van der Waals surface area contributed by atoms with Crippen molar-refractivity contribution >= 4 is 0 Å². The highest BCUT2D eigenvalue weighted by Crippen LogP contribution is 2.59. The Labute approximate surface area is 158 Å². The third kappa shape index (κ3) is 2.42. The Balaban J connectivity index is 1.58. The molecule has 0 aromatic heterocycles. The Kier molecular flexibility index (Phi) is 4.03. The molecule has 26 heavy (non-hydrogen) atoms. The molecule has 6 atom stereocenters. The summed E-state index contributed by atoms with van der Waals surface area (Å²) in [6.07, 6.45) is 24.5. The molecule has 0 heteroatoms. The van der Waals surface area contributed by atoms with Crippen molar-refractivity contribution in [1.29, 1.82) is 0 Å². The van der Waals surface area contributed by atoms with Crippen LogP contribution in [0.2, 0.25) is 0 Å². The van der Waals surface area contributed by atoms with E-state index in [0.29, 0.717) is 11.8 Å². The summed E-state index contributed by atoms with van der Waals surface area (Å²) in [6, 6.07) is 11.5. The second-order valence-corrected chi connectivity index (χ2v) is 9.04. The lowest BCUT2D eigenvalue weighted by molar-refractivity contribution is 0.137. The van der Waals surface area contributed by atoms with E-state index in [0.717, 1.165) is 23.7 Å². The largest absolute Gasteiger partial charge is 0.0808 e. The summed E-state index contributed by atoms with van der Waals surface area (Å²) in [4.78, 5) is 0. The molecule has 2 fully saturated rings. The van der Waals surface area contributed by atoms with Crippen LogP contribution in [-0.2, 0) is 5.41 Å². The number of hydrogen-bond donors (Lipinski definition) is 0. The Bertz CT molecular complexity index is 718. The highest BCUT2D eigenvalue weighted by atomic mass is 14.6. The summed E-state index contributed by atoms with van der Waals surface area (Å²) in [5, 5.41) is 0. The van der Waals surface area contributed by atoms with Gasteiger partial charge in [-0.1, -0.05) is 85.9 Å². The minimum atomic E-state index is 0.255. The quantitative estimate of drug-likeness (QED) is 0.589. The lowest BCUT2D eigenvalue weighted by Crippen LogP contribution is -2.43. The molecule has 0 aliphatic heterocycles. The number of benzene rings is 1. The zero-order chi connectivity index (χ0) is 17.6. The molecule has 0 spiro atoms. The first-order valence-electron chi connectivity index (χ1n) is 10.5. The van der Waals surface area contributed by atoms with Crippen LogP contribution >= 0.6 is 0 Å². The minimum absolute atomic E-state index is 0.255. The standard InChI is InChI=1S/C26H30/c1-26(21-11-3-2-4-12-21,24-17-15-19-9-5-7-13-22(19)24)25-18-16-20-10-6-8-14-23(20)25/h2-14,19-20,22-25H,15-18H2,1H3. The van der Waals surface area contributed by atoms with Gasteiger partial charge in [0.2, 0.25) is 0 Å². The van der Waals surface area contributed by atoms with Gasteiger partial charge in [0.05, 0.1) is 0 Å². The van der Waals surface area contributed by atoms with Crippen molar-refractivity contribution in [1.82, 2.24) is 0 Å². The molecule has 6 unspecified atom stereocenters. The molecule has 0 saturated heterocycles. The summed E-state index contributed by atoms with van der Waals surface area (Å²) < 4.78 is 0. The van der Waals surface area contributed by atoms with Gasteiger partial charge >= 0.3 is 0 Å². The number of fused-ring (bicyclic) bond motifs is 2. The average Bonchev–Trinajstić information content (AvgIpc) is 3.33.